The van der Waals surface area contributed by atoms with E-state index in [0.717, 1.165) is 43.2 Å². The number of benzene rings is 1. The molecule has 0 aliphatic heterocycles. The van der Waals surface area contributed by atoms with Gasteiger partial charge < -0.3 is 4.74 Å². The van der Waals surface area contributed by atoms with Gasteiger partial charge in [-0.1, -0.05) is 30.7 Å². The van der Waals surface area contributed by atoms with E-state index in [4.69, 9.17) is 4.74 Å². The molecule has 3 nitrogen and oxygen atoms in total. The lowest BCUT2D eigenvalue weighted by atomic mass is 9.83. The first-order valence-electron chi connectivity index (χ1n) is 7.65. The molecule has 0 amide bonds. The molecule has 0 aromatic heterocycles. The average molecular weight is 286 g/mol. The van der Waals surface area contributed by atoms with Crippen LogP contribution in [0.15, 0.2) is 30.3 Å². The highest BCUT2D eigenvalue weighted by atomic mass is 16.5. The van der Waals surface area contributed by atoms with Crippen LogP contribution in [0.4, 0.5) is 0 Å². The number of ketones is 1. The number of ether oxygens (including phenoxy) is 1. The summed E-state index contributed by atoms with van der Waals surface area (Å²) in [5.41, 5.74) is 2.12. The highest BCUT2D eigenvalue weighted by molar-refractivity contribution is 5.87. The summed E-state index contributed by atoms with van der Waals surface area (Å²) >= 11 is 0. The van der Waals surface area contributed by atoms with Crippen LogP contribution in [-0.2, 0) is 20.7 Å². The van der Waals surface area contributed by atoms with Crippen LogP contribution < -0.4 is 0 Å². The molecular formula is C18H22O3. The van der Waals surface area contributed by atoms with Crippen LogP contribution in [-0.4, -0.2) is 18.4 Å². The predicted molar refractivity (Wildman–Crippen MR) is 82.8 cm³/mol. The van der Waals surface area contributed by atoms with Crippen molar-refractivity contribution in [1.82, 2.24) is 0 Å². The van der Waals surface area contributed by atoms with Crippen molar-refractivity contribution in [2.45, 2.75) is 39.0 Å². The summed E-state index contributed by atoms with van der Waals surface area (Å²) in [5.74, 6) is 0.238. The molecule has 1 atom stereocenters. The zero-order valence-electron chi connectivity index (χ0n) is 12.5. The Morgan fingerprint density at radius 1 is 1.38 bits per heavy atom. The molecule has 1 unspecified atom stereocenters. The van der Waals surface area contributed by atoms with Crippen molar-refractivity contribution >= 4 is 17.8 Å². The lowest BCUT2D eigenvalue weighted by Gasteiger charge is -2.20. The fraction of sp³-hybridized carbons (Fsp3) is 0.444. The summed E-state index contributed by atoms with van der Waals surface area (Å²) in [6.45, 7) is 2.17. The van der Waals surface area contributed by atoms with E-state index in [-0.39, 0.29) is 11.9 Å². The zero-order valence-corrected chi connectivity index (χ0v) is 12.5. The summed E-state index contributed by atoms with van der Waals surface area (Å²) in [4.78, 5) is 23.2. The molecule has 0 heterocycles. The van der Waals surface area contributed by atoms with Crippen molar-refractivity contribution in [3.63, 3.8) is 0 Å². The van der Waals surface area contributed by atoms with Crippen molar-refractivity contribution < 1.29 is 14.3 Å². The molecule has 0 radical (unpaired) electrons. The quantitative estimate of drug-likeness (QED) is 0.614. The molecule has 0 N–H and O–H groups in total. The summed E-state index contributed by atoms with van der Waals surface area (Å²) in [6.07, 6.45) is 7.92. The molecule has 1 aliphatic carbocycles. The lowest BCUT2D eigenvalue weighted by Crippen LogP contribution is -2.21. The second-order valence-corrected chi connectivity index (χ2v) is 5.44. The van der Waals surface area contributed by atoms with Crippen LogP contribution in [0.5, 0.6) is 0 Å². The van der Waals surface area contributed by atoms with E-state index in [9.17, 15) is 9.59 Å². The van der Waals surface area contributed by atoms with Crippen LogP contribution in [0.1, 0.15) is 43.7 Å². The van der Waals surface area contributed by atoms with Crippen molar-refractivity contribution in [3.8, 4) is 0 Å². The van der Waals surface area contributed by atoms with Gasteiger partial charge in [0, 0.05) is 18.4 Å². The Kier molecular flexibility index (Phi) is 5.73. The molecule has 0 bridgehead atoms. The van der Waals surface area contributed by atoms with Crippen molar-refractivity contribution in [1.29, 1.82) is 0 Å². The first kappa shape index (κ1) is 15.5. The molecular weight excluding hydrogens is 264 g/mol. The van der Waals surface area contributed by atoms with Gasteiger partial charge in [-0.25, -0.2) is 4.79 Å². The Bertz CT molecular complexity index is 531. The maximum absolute atomic E-state index is 11.9. The van der Waals surface area contributed by atoms with E-state index in [0.29, 0.717) is 12.4 Å². The number of carbonyl (C=O) groups excluding carboxylic acids is 2. The molecule has 0 spiro atoms. The average Bonchev–Trinajstić information content (AvgIpc) is 2.48. The molecule has 1 saturated carbocycles. The van der Waals surface area contributed by atoms with Crippen LogP contribution in [0, 0.1) is 5.92 Å². The van der Waals surface area contributed by atoms with Gasteiger partial charge in [-0.2, -0.15) is 0 Å². The largest absolute Gasteiger partial charge is 0.463 e. The molecule has 112 valence electrons. The van der Waals surface area contributed by atoms with Crippen LogP contribution >= 0.6 is 0 Å². The minimum atomic E-state index is -0.328. The van der Waals surface area contributed by atoms with Crippen molar-refractivity contribution in [2.24, 2.45) is 5.92 Å². The number of carbonyl (C=O) groups is 2. The summed E-state index contributed by atoms with van der Waals surface area (Å²) in [6, 6.07) is 8.00. The number of Topliss-reactive ketones (excluding diaryl/α,β-unsaturated/α-hetero) is 1. The van der Waals surface area contributed by atoms with E-state index in [2.05, 4.69) is 0 Å². The monoisotopic (exact) mass is 286 g/mol. The summed E-state index contributed by atoms with van der Waals surface area (Å²) in [7, 11) is 0. The smallest absolute Gasteiger partial charge is 0.330 e. The first-order chi connectivity index (χ1) is 10.2. The SMILES string of the molecule is CCOC(=O)C=Cc1cccc(CC2CCCCC2=O)c1. The van der Waals surface area contributed by atoms with E-state index in [1.165, 1.54) is 6.08 Å². The van der Waals surface area contributed by atoms with Gasteiger partial charge in [-0.3, -0.25) is 4.79 Å². The van der Waals surface area contributed by atoms with Crippen molar-refractivity contribution in [3.05, 3.63) is 41.5 Å². The Labute approximate surface area is 126 Å². The third kappa shape index (κ3) is 4.85. The molecule has 1 aliphatic rings. The molecule has 2 rings (SSSR count). The van der Waals surface area contributed by atoms with E-state index < -0.39 is 0 Å². The van der Waals surface area contributed by atoms with Gasteiger partial charge in [-0.05, 0) is 43.4 Å². The number of hydrogen-bond donors (Lipinski definition) is 0. The number of rotatable bonds is 5. The zero-order chi connectivity index (χ0) is 15.1. The fourth-order valence-corrected chi connectivity index (χ4v) is 2.73. The topological polar surface area (TPSA) is 43.4 Å². The van der Waals surface area contributed by atoms with Gasteiger partial charge in [-0.15, -0.1) is 0 Å². The molecule has 21 heavy (non-hydrogen) atoms. The molecule has 1 aromatic carbocycles. The molecule has 3 heteroatoms. The third-order valence-corrected chi connectivity index (χ3v) is 3.81. The van der Waals surface area contributed by atoms with Gasteiger partial charge in [0.05, 0.1) is 6.61 Å². The van der Waals surface area contributed by atoms with Crippen LogP contribution in [0.2, 0.25) is 0 Å². The maximum atomic E-state index is 11.9. The Balaban J connectivity index is 2.00. The van der Waals surface area contributed by atoms with Gasteiger partial charge >= 0.3 is 5.97 Å². The Morgan fingerprint density at radius 3 is 3.00 bits per heavy atom. The van der Waals surface area contributed by atoms with E-state index in [1.807, 2.05) is 24.3 Å². The van der Waals surface area contributed by atoms with Gasteiger partial charge in [0.1, 0.15) is 5.78 Å². The molecule has 1 aromatic rings. The Morgan fingerprint density at radius 2 is 2.24 bits per heavy atom. The maximum Gasteiger partial charge on any atom is 0.330 e. The number of esters is 1. The summed E-state index contributed by atoms with van der Waals surface area (Å²) in [5, 5.41) is 0. The van der Waals surface area contributed by atoms with Gasteiger partial charge in [0.2, 0.25) is 0 Å². The van der Waals surface area contributed by atoms with E-state index in [1.54, 1.807) is 13.0 Å². The normalized spacial score (nSPS) is 18.9. The Hall–Kier alpha value is -1.90. The van der Waals surface area contributed by atoms with Crippen molar-refractivity contribution in [2.75, 3.05) is 6.61 Å². The fourth-order valence-electron chi connectivity index (χ4n) is 2.73. The highest BCUT2D eigenvalue weighted by Crippen LogP contribution is 2.24. The lowest BCUT2D eigenvalue weighted by molar-refractivity contribution is -0.137. The van der Waals surface area contributed by atoms with Gasteiger partial charge in [0.25, 0.3) is 0 Å². The van der Waals surface area contributed by atoms with Gasteiger partial charge in [0.15, 0.2) is 0 Å². The second-order valence-electron chi connectivity index (χ2n) is 5.44. The first-order valence-corrected chi connectivity index (χ1v) is 7.65. The minimum Gasteiger partial charge on any atom is -0.463 e. The number of hydrogen-bond acceptors (Lipinski definition) is 3. The highest BCUT2D eigenvalue weighted by Gasteiger charge is 2.22. The molecule has 0 saturated heterocycles. The predicted octanol–water partition coefficient (Wildman–Crippen LogP) is 3.56. The van der Waals surface area contributed by atoms with E-state index >= 15 is 0 Å². The minimum absolute atomic E-state index is 0.169. The third-order valence-electron chi connectivity index (χ3n) is 3.81. The summed E-state index contributed by atoms with van der Waals surface area (Å²) < 4.78 is 4.86. The molecule has 1 fully saturated rings. The van der Waals surface area contributed by atoms with Crippen LogP contribution in [0.3, 0.4) is 0 Å². The van der Waals surface area contributed by atoms with Crippen LogP contribution in [0.25, 0.3) is 6.08 Å². The second kappa shape index (κ2) is 7.77. The standard InChI is InChI=1S/C18H22O3/c1-2-21-18(20)11-10-14-6-5-7-15(12-14)13-16-8-3-4-9-17(16)19/h5-7,10-12,16H,2-4,8-9,13H2,1H3.